The minimum absolute atomic E-state index is 0.120. The Morgan fingerprint density at radius 2 is 2.12 bits per heavy atom. The second-order valence-electron chi connectivity index (χ2n) is 3.95. The van der Waals surface area contributed by atoms with Crippen LogP contribution in [-0.2, 0) is 4.79 Å². The molecule has 84 valence electrons. The third-order valence-corrected chi connectivity index (χ3v) is 2.96. The van der Waals surface area contributed by atoms with E-state index in [2.05, 4.69) is 6.58 Å². The van der Waals surface area contributed by atoms with Crippen LogP contribution in [0.25, 0.3) is 0 Å². The van der Waals surface area contributed by atoms with Crippen LogP contribution in [0.15, 0.2) is 43.0 Å². The molecular formula is C13H15NO2. The molecule has 16 heavy (non-hydrogen) atoms. The summed E-state index contributed by atoms with van der Waals surface area (Å²) < 4.78 is 0. The van der Waals surface area contributed by atoms with E-state index in [1.807, 2.05) is 30.3 Å². The van der Waals surface area contributed by atoms with Gasteiger partial charge in [-0.25, -0.2) is 0 Å². The van der Waals surface area contributed by atoms with Crippen molar-refractivity contribution in [3.05, 3.63) is 48.6 Å². The first-order chi connectivity index (χ1) is 7.74. The fourth-order valence-corrected chi connectivity index (χ4v) is 2.19. The van der Waals surface area contributed by atoms with E-state index >= 15 is 0 Å². The van der Waals surface area contributed by atoms with Gasteiger partial charge in [0.2, 0.25) is 5.91 Å². The van der Waals surface area contributed by atoms with Crippen LogP contribution in [0.1, 0.15) is 18.0 Å². The zero-order valence-corrected chi connectivity index (χ0v) is 9.04. The van der Waals surface area contributed by atoms with Gasteiger partial charge in [0.1, 0.15) is 0 Å². The summed E-state index contributed by atoms with van der Waals surface area (Å²) in [6.45, 7) is 4.07. The highest BCUT2D eigenvalue weighted by Crippen LogP contribution is 2.32. The van der Waals surface area contributed by atoms with Gasteiger partial charge in [-0.15, -0.1) is 0 Å². The van der Waals surface area contributed by atoms with Gasteiger partial charge in [0.25, 0.3) is 0 Å². The number of carbonyl (C=O) groups is 1. The monoisotopic (exact) mass is 217 g/mol. The molecule has 0 radical (unpaired) electrons. The second kappa shape index (κ2) is 4.49. The van der Waals surface area contributed by atoms with Crippen molar-refractivity contribution in [2.45, 2.75) is 18.6 Å². The lowest BCUT2D eigenvalue weighted by Crippen LogP contribution is -2.31. The highest BCUT2D eigenvalue weighted by atomic mass is 16.3. The topological polar surface area (TPSA) is 40.5 Å². The number of benzene rings is 1. The molecule has 1 amide bonds. The second-order valence-corrected chi connectivity index (χ2v) is 3.95. The number of amides is 1. The van der Waals surface area contributed by atoms with Gasteiger partial charge < -0.3 is 10.0 Å². The van der Waals surface area contributed by atoms with Crippen LogP contribution in [0.5, 0.6) is 0 Å². The first-order valence-electron chi connectivity index (χ1n) is 5.40. The van der Waals surface area contributed by atoms with Crippen LogP contribution < -0.4 is 0 Å². The van der Waals surface area contributed by atoms with Crippen LogP contribution in [0.3, 0.4) is 0 Å². The summed E-state index contributed by atoms with van der Waals surface area (Å²) in [7, 11) is 0. The van der Waals surface area contributed by atoms with Gasteiger partial charge in [0.15, 0.2) is 0 Å². The number of hydrogen-bond donors (Lipinski definition) is 1. The summed E-state index contributed by atoms with van der Waals surface area (Å²) in [6, 6.07) is 9.38. The molecule has 3 nitrogen and oxygen atoms in total. The fourth-order valence-electron chi connectivity index (χ4n) is 2.19. The molecule has 1 aliphatic heterocycles. The van der Waals surface area contributed by atoms with Crippen LogP contribution in [-0.4, -0.2) is 28.6 Å². The van der Waals surface area contributed by atoms with E-state index in [4.69, 9.17) is 0 Å². The predicted molar refractivity (Wildman–Crippen MR) is 61.7 cm³/mol. The Kier molecular flexibility index (Phi) is 3.06. The molecule has 0 aromatic heterocycles. The summed E-state index contributed by atoms with van der Waals surface area (Å²) in [4.78, 5) is 13.3. The minimum Gasteiger partial charge on any atom is -0.391 e. The molecule has 1 fully saturated rings. The lowest BCUT2D eigenvalue weighted by Gasteiger charge is -2.25. The number of carbonyl (C=O) groups excluding carboxylic acids is 1. The molecular weight excluding hydrogens is 202 g/mol. The maximum atomic E-state index is 11.6. The van der Waals surface area contributed by atoms with Crippen molar-refractivity contribution >= 4 is 5.91 Å². The number of likely N-dealkylation sites (tertiary alicyclic amines) is 1. The Labute approximate surface area is 95.0 Å². The van der Waals surface area contributed by atoms with Crippen molar-refractivity contribution in [1.29, 1.82) is 0 Å². The highest BCUT2D eigenvalue weighted by Gasteiger charge is 2.35. The average molecular weight is 217 g/mol. The smallest absolute Gasteiger partial charge is 0.246 e. The molecule has 3 heteroatoms. The van der Waals surface area contributed by atoms with E-state index in [1.165, 1.54) is 6.08 Å². The van der Waals surface area contributed by atoms with Crippen LogP contribution in [0, 0.1) is 0 Å². The van der Waals surface area contributed by atoms with Crippen LogP contribution >= 0.6 is 0 Å². The van der Waals surface area contributed by atoms with Gasteiger partial charge >= 0.3 is 0 Å². The van der Waals surface area contributed by atoms with Crippen LogP contribution in [0.2, 0.25) is 0 Å². The van der Waals surface area contributed by atoms with Crippen molar-refractivity contribution in [3.8, 4) is 0 Å². The van der Waals surface area contributed by atoms with E-state index in [1.54, 1.807) is 4.90 Å². The largest absolute Gasteiger partial charge is 0.391 e. The van der Waals surface area contributed by atoms with Crippen molar-refractivity contribution in [1.82, 2.24) is 4.90 Å². The molecule has 2 atom stereocenters. The first-order valence-corrected chi connectivity index (χ1v) is 5.40. The zero-order valence-electron chi connectivity index (χ0n) is 9.04. The molecule has 1 saturated heterocycles. The molecule has 1 aromatic rings. The molecule has 1 aromatic carbocycles. The summed E-state index contributed by atoms with van der Waals surface area (Å²) in [5, 5.41) is 9.93. The SMILES string of the molecule is C=CC(=O)N1CC[C@@H](O)[C@H]1c1ccccc1. The lowest BCUT2D eigenvalue weighted by atomic mass is 10.0. The number of aliphatic hydroxyl groups is 1. The van der Waals surface area contributed by atoms with E-state index in [-0.39, 0.29) is 11.9 Å². The Morgan fingerprint density at radius 3 is 2.75 bits per heavy atom. The normalized spacial score (nSPS) is 24.4. The summed E-state index contributed by atoms with van der Waals surface area (Å²) in [6.07, 6.45) is 1.44. The average Bonchev–Trinajstić information content (AvgIpc) is 2.71. The van der Waals surface area contributed by atoms with Gasteiger partial charge in [0, 0.05) is 6.54 Å². The van der Waals surface area contributed by atoms with Gasteiger partial charge in [-0.3, -0.25) is 4.79 Å². The Hall–Kier alpha value is -1.61. The predicted octanol–water partition coefficient (Wildman–Crippen LogP) is 1.51. The summed E-state index contributed by atoms with van der Waals surface area (Å²) in [5.74, 6) is -0.120. The molecule has 1 heterocycles. The Bertz CT molecular complexity index is 388. The molecule has 0 unspecified atom stereocenters. The Balaban J connectivity index is 2.29. The van der Waals surface area contributed by atoms with Crippen molar-refractivity contribution in [3.63, 3.8) is 0 Å². The fraction of sp³-hybridized carbons (Fsp3) is 0.308. The van der Waals surface area contributed by atoms with Gasteiger partial charge in [-0.2, -0.15) is 0 Å². The maximum Gasteiger partial charge on any atom is 0.246 e. The van der Waals surface area contributed by atoms with E-state index in [0.29, 0.717) is 13.0 Å². The third kappa shape index (κ3) is 1.86. The van der Waals surface area contributed by atoms with Crippen LogP contribution in [0.4, 0.5) is 0 Å². The van der Waals surface area contributed by atoms with Crippen molar-refractivity contribution in [2.24, 2.45) is 0 Å². The minimum atomic E-state index is -0.480. The lowest BCUT2D eigenvalue weighted by molar-refractivity contribution is -0.127. The molecule has 0 bridgehead atoms. The van der Waals surface area contributed by atoms with Gasteiger partial charge in [-0.05, 0) is 18.1 Å². The maximum absolute atomic E-state index is 11.6. The Morgan fingerprint density at radius 1 is 1.44 bits per heavy atom. The molecule has 0 saturated carbocycles. The molecule has 0 aliphatic carbocycles. The zero-order chi connectivity index (χ0) is 11.5. The third-order valence-electron chi connectivity index (χ3n) is 2.96. The van der Waals surface area contributed by atoms with Crippen molar-refractivity contribution in [2.75, 3.05) is 6.54 Å². The quantitative estimate of drug-likeness (QED) is 0.763. The molecule has 1 aliphatic rings. The molecule has 2 rings (SSSR count). The van der Waals surface area contributed by atoms with Gasteiger partial charge in [0.05, 0.1) is 12.1 Å². The molecule has 0 spiro atoms. The van der Waals surface area contributed by atoms with E-state index < -0.39 is 6.10 Å². The van der Waals surface area contributed by atoms with E-state index in [9.17, 15) is 9.90 Å². The standard InChI is InChI=1S/C13H15NO2/c1-2-12(16)14-9-8-11(15)13(14)10-6-4-3-5-7-10/h2-7,11,13,15H,1,8-9H2/t11-,13-/m1/s1. The molecule has 1 N–H and O–H groups in total. The first kappa shape index (κ1) is 10.9. The van der Waals surface area contributed by atoms with Gasteiger partial charge in [-0.1, -0.05) is 36.9 Å². The highest BCUT2D eigenvalue weighted by molar-refractivity contribution is 5.87. The summed E-state index contributed by atoms with van der Waals surface area (Å²) >= 11 is 0. The van der Waals surface area contributed by atoms with E-state index in [0.717, 1.165) is 5.56 Å². The van der Waals surface area contributed by atoms with Crippen molar-refractivity contribution < 1.29 is 9.90 Å². The number of nitrogens with zero attached hydrogens (tertiary/aromatic N) is 1. The number of rotatable bonds is 2. The number of hydrogen-bond acceptors (Lipinski definition) is 2. The summed E-state index contributed by atoms with van der Waals surface area (Å²) in [5.41, 5.74) is 0.975. The number of aliphatic hydroxyl groups excluding tert-OH is 1.